The standard InChI is InChI=1S/C13H25NO4/c1-8(2)14(7)11(12(15)17-9(3)4)13(16)18-10(5)6/h8-11H,1-7H3. The molecule has 18 heavy (non-hydrogen) atoms. The Bertz CT molecular complexity index is 265. The summed E-state index contributed by atoms with van der Waals surface area (Å²) in [6.45, 7) is 10.8. The lowest BCUT2D eigenvalue weighted by atomic mass is 10.2. The van der Waals surface area contributed by atoms with Crippen LogP contribution in [0.25, 0.3) is 0 Å². The Morgan fingerprint density at radius 2 is 1.17 bits per heavy atom. The number of esters is 2. The molecular formula is C13H25NO4. The van der Waals surface area contributed by atoms with Crippen molar-refractivity contribution in [2.75, 3.05) is 7.05 Å². The van der Waals surface area contributed by atoms with Gasteiger partial charge in [-0.2, -0.15) is 0 Å². The highest BCUT2D eigenvalue weighted by molar-refractivity contribution is 5.99. The van der Waals surface area contributed by atoms with E-state index in [-0.39, 0.29) is 18.2 Å². The number of rotatable bonds is 6. The van der Waals surface area contributed by atoms with Crippen LogP contribution in [0.4, 0.5) is 0 Å². The summed E-state index contributed by atoms with van der Waals surface area (Å²) >= 11 is 0. The van der Waals surface area contributed by atoms with Gasteiger partial charge in [0.15, 0.2) is 0 Å². The first kappa shape index (κ1) is 16.9. The summed E-state index contributed by atoms with van der Waals surface area (Å²) in [7, 11) is 1.71. The summed E-state index contributed by atoms with van der Waals surface area (Å²) in [5, 5.41) is 0. The average molecular weight is 259 g/mol. The molecule has 0 atom stereocenters. The normalized spacial score (nSPS) is 11.8. The lowest BCUT2D eigenvalue weighted by Crippen LogP contribution is -2.50. The van der Waals surface area contributed by atoms with E-state index in [1.54, 1.807) is 39.6 Å². The number of carbonyl (C=O) groups is 2. The average Bonchev–Trinajstić information content (AvgIpc) is 2.14. The van der Waals surface area contributed by atoms with Crippen LogP contribution in [-0.2, 0) is 19.1 Å². The van der Waals surface area contributed by atoms with Gasteiger partial charge in [-0.3, -0.25) is 4.90 Å². The maximum Gasteiger partial charge on any atom is 0.335 e. The van der Waals surface area contributed by atoms with Crippen LogP contribution >= 0.6 is 0 Å². The van der Waals surface area contributed by atoms with Crippen molar-refractivity contribution in [1.29, 1.82) is 0 Å². The number of likely N-dealkylation sites (N-methyl/N-ethyl adjacent to an activating group) is 1. The largest absolute Gasteiger partial charge is 0.461 e. The Morgan fingerprint density at radius 1 is 0.833 bits per heavy atom. The molecule has 0 unspecified atom stereocenters. The summed E-state index contributed by atoms with van der Waals surface area (Å²) in [4.78, 5) is 25.6. The van der Waals surface area contributed by atoms with Crippen LogP contribution in [0.15, 0.2) is 0 Å². The molecule has 0 spiro atoms. The summed E-state index contributed by atoms with van der Waals surface area (Å²) in [6.07, 6.45) is -0.514. The number of hydrogen-bond donors (Lipinski definition) is 0. The van der Waals surface area contributed by atoms with Gasteiger partial charge < -0.3 is 9.47 Å². The molecule has 0 N–H and O–H groups in total. The van der Waals surface area contributed by atoms with E-state index in [1.807, 2.05) is 13.8 Å². The van der Waals surface area contributed by atoms with Gasteiger partial charge in [0.25, 0.3) is 0 Å². The second-order valence-corrected chi connectivity index (χ2v) is 5.13. The van der Waals surface area contributed by atoms with Gasteiger partial charge in [0.1, 0.15) is 0 Å². The Balaban J connectivity index is 4.93. The van der Waals surface area contributed by atoms with E-state index < -0.39 is 18.0 Å². The summed E-state index contributed by atoms with van der Waals surface area (Å²) in [5.74, 6) is -1.13. The minimum absolute atomic E-state index is 0.0365. The van der Waals surface area contributed by atoms with Gasteiger partial charge in [0.2, 0.25) is 6.04 Å². The van der Waals surface area contributed by atoms with E-state index in [1.165, 1.54) is 0 Å². The summed E-state index contributed by atoms with van der Waals surface area (Å²) in [6, 6.07) is -0.968. The van der Waals surface area contributed by atoms with Gasteiger partial charge in [-0.15, -0.1) is 0 Å². The van der Waals surface area contributed by atoms with Crippen molar-refractivity contribution in [3.8, 4) is 0 Å². The van der Waals surface area contributed by atoms with Gasteiger partial charge in [0.05, 0.1) is 12.2 Å². The number of hydrogen-bond acceptors (Lipinski definition) is 5. The molecule has 0 aliphatic carbocycles. The first-order valence-corrected chi connectivity index (χ1v) is 6.29. The molecule has 106 valence electrons. The van der Waals surface area contributed by atoms with Crippen molar-refractivity contribution in [1.82, 2.24) is 4.90 Å². The second kappa shape index (κ2) is 7.36. The number of nitrogens with zero attached hydrogens (tertiary/aromatic N) is 1. The highest BCUT2D eigenvalue weighted by atomic mass is 16.6. The molecule has 5 heteroatoms. The topological polar surface area (TPSA) is 55.8 Å². The lowest BCUT2D eigenvalue weighted by Gasteiger charge is -2.29. The van der Waals surface area contributed by atoms with Crippen molar-refractivity contribution >= 4 is 11.9 Å². The van der Waals surface area contributed by atoms with Gasteiger partial charge in [-0.1, -0.05) is 0 Å². The zero-order chi connectivity index (χ0) is 14.5. The number of carbonyl (C=O) groups excluding carboxylic acids is 2. The molecule has 0 aromatic carbocycles. The van der Waals surface area contributed by atoms with E-state index in [0.29, 0.717) is 0 Å². The lowest BCUT2D eigenvalue weighted by molar-refractivity contribution is -0.168. The predicted molar refractivity (Wildman–Crippen MR) is 69.1 cm³/mol. The quantitative estimate of drug-likeness (QED) is 0.535. The fraction of sp³-hybridized carbons (Fsp3) is 0.846. The van der Waals surface area contributed by atoms with E-state index in [0.717, 1.165) is 0 Å². The van der Waals surface area contributed by atoms with Crippen LogP contribution in [-0.4, -0.2) is 48.2 Å². The molecule has 0 saturated carbocycles. The third-order valence-electron chi connectivity index (χ3n) is 2.37. The Morgan fingerprint density at radius 3 is 1.39 bits per heavy atom. The molecule has 0 rings (SSSR count). The monoisotopic (exact) mass is 259 g/mol. The van der Waals surface area contributed by atoms with Gasteiger partial charge in [0, 0.05) is 6.04 Å². The first-order chi connectivity index (χ1) is 8.16. The van der Waals surface area contributed by atoms with Crippen molar-refractivity contribution in [3.05, 3.63) is 0 Å². The third kappa shape index (κ3) is 5.49. The van der Waals surface area contributed by atoms with Crippen LogP contribution in [0.1, 0.15) is 41.5 Å². The fourth-order valence-corrected chi connectivity index (χ4v) is 1.32. The first-order valence-electron chi connectivity index (χ1n) is 6.29. The smallest absolute Gasteiger partial charge is 0.335 e. The van der Waals surface area contributed by atoms with Crippen LogP contribution in [0.3, 0.4) is 0 Å². The molecule has 0 saturated heterocycles. The van der Waals surface area contributed by atoms with Crippen LogP contribution in [0.2, 0.25) is 0 Å². The van der Waals surface area contributed by atoms with E-state index in [9.17, 15) is 9.59 Å². The molecule has 0 aromatic rings. The minimum Gasteiger partial charge on any atom is -0.461 e. The third-order valence-corrected chi connectivity index (χ3v) is 2.37. The molecule has 0 aromatic heterocycles. The number of ether oxygens (including phenoxy) is 2. The van der Waals surface area contributed by atoms with E-state index in [4.69, 9.17) is 9.47 Å². The van der Waals surface area contributed by atoms with Crippen LogP contribution in [0.5, 0.6) is 0 Å². The maximum absolute atomic E-state index is 12.0. The van der Waals surface area contributed by atoms with Gasteiger partial charge in [-0.25, -0.2) is 9.59 Å². The van der Waals surface area contributed by atoms with Crippen molar-refractivity contribution < 1.29 is 19.1 Å². The Labute approximate surface area is 109 Å². The zero-order valence-electron chi connectivity index (χ0n) is 12.4. The molecule has 0 aliphatic heterocycles. The van der Waals surface area contributed by atoms with Crippen LogP contribution < -0.4 is 0 Å². The molecule has 0 amide bonds. The SMILES string of the molecule is CC(C)OC(=O)C(C(=O)OC(C)C)N(C)C(C)C. The Kier molecular flexibility index (Phi) is 6.91. The molecule has 0 fully saturated rings. The Hall–Kier alpha value is -1.10. The molecule has 0 radical (unpaired) electrons. The molecule has 0 heterocycles. The highest BCUT2D eigenvalue weighted by Gasteiger charge is 2.35. The summed E-state index contributed by atoms with van der Waals surface area (Å²) < 4.78 is 10.2. The fourth-order valence-electron chi connectivity index (χ4n) is 1.32. The molecule has 0 aliphatic rings. The maximum atomic E-state index is 12.0. The highest BCUT2D eigenvalue weighted by Crippen LogP contribution is 2.09. The van der Waals surface area contributed by atoms with E-state index >= 15 is 0 Å². The zero-order valence-corrected chi connectivity index (χ0v) is 12.4. The molecule has 5 nitrogen and oxygen atoms in total. The molecular weight excluding hydrogens is 234 g/mol. The summed E-state index contributed by atoms with van der Waals surface area (Å²) in [5.41, 5.74) is 0. The van der Waals surface area contributed by atoms with Crippen molar-refractivity contribution in [2.45, 2.75) is 65.8 Å². The minimum atomic E-state index is -1.00. The van der Waals surface area contributed by atoms with E-state index in [2.05, 4.69) is 0 Å². The van der Waals surface area contributed by atoms with Gasteiger partial charge >= 0.3 is 11.9 Å². The van der Waals surface area contributed by atoms with Crippen LogP contribution in [0, 0.1) is 0 Å². The van der Waals surface area contributed by atoms with Crippen molar-refractivity contribution in [2.24, 2.45) is 0 Å². The van der Waals surface area contributed by atoms with Gasteiger partial charge in [-0.05, 0) is 48.6 Å². The predicted octanol–water partition coefficient (Wildman–Crippen LogP) is 1.60. The molecule has 0 bridgehead atoms. The second-order valence-electron chi connectivity index (χ2n) is 5.13. The van der Waals surface area contributed by atoms with Crippen molar-refractivity contribution in [3.63, 3.8) is 0 Å².